The highest BCUT2D eigenvalue weighted by molar-refractivity contribution is 5.48. The minimum Gasteiger partial charge on any atom is -0.488 e. The zero-order valence-corrected chi connectivity index (χ0v) is 8.91. The molecular weight excluding hydrogens is 198 g/mol. The van der Waals surface area contributed by atoms with Crippen molar-refractivity contribution in [3.63, 3.8) is 0 Å². The Morgan fingerprint density at radius 1 is 1.06 bits per heavy atom. The van der Waals surface area contributed by atoms with Crippen molar-refractivity contribution in [2.45, 2.75) is 0 Å². The molecule has 0 bridgehead atoms. The van der Waals surface area contributed by atoms with Crippen LogP contribution >= 0.6 is 0 Å². The summed E-state index contributed by atoms with van der Waals surface area (Å²) in [7, 11) is 0. The predicted molar refractivity (Wildman–Crippen MR) is 65.2 cm³/mol. The first-order chi connectivity index (χ1) is 7.95. The van der Waals surface area contributed by atoms with Crippen LogP contribution in [0.1, 0.15) is 5.56 Å². The molecule has 0 unspecified atom stereocenters. The Hall–Kier alpha value is -2.09. The van der Waals surface area contributed by atoms with Gasteiger partial charge in [0.2, 0.25) is 0 Å². The number of hydrogen-bond acceptors (Lipinski definition) is 2. The van der Waals surface area contributed by atoms with Gasteiger partial charge in [-0.1, -0.05) is 36.4 Å². The van der Waals surface area contributed by atoms with E-state index in [2.05, 4.69) is 17.1 Å². The summed E-state index contributed by atoms with van der Waals surface area (Å²) in [5, 5.41) is 0. The van der Waals surface area contributed by atoms with E-state index >= 15 is 0 Å². The Bertz CT molecular complexity index is 437. The lowest BCUT2D eigenvalue weighted by atomic mass is 10.2. The van der Waals surface area contributed by atoms with Crippen LogP contribution < -0.4 is 4.74 Å². The van der Waals surface area contributed by atoms with Gasteiger partial charge in [0.15, 0.2) is 0 Å². The van der Waals surface area contributed by atoms with E-state index < -0.39 is 0 Å². The minimum absolute atomic E-state index is 0.556. The van der Waals surface area contributed by atoms with Gasteiger partial charge in [-0.3, -0.25) is 4.98 Å². The van der Waals surface area contributed by atoms with Crippen molar-refractivity contribution in [3.8, 4) is 5.75 Å². The number of pyridine rings is 1. The zero-order valence-electron chi connectivity index (χ0n) is 8.91. The van der Waals surface area contributed by atoms with Crippen molar-refractivity contribution in [3.05, 3.63) is 66.5 Å². The smallest absolute Gasteiger partial charge is 0.138 e. The molecular formula is C14H13NO. The molecule has 2 rings (SSSR count). The first-order valence-corrected chi connectivity index (χ1v) is 5.19. The third-order valence-corrected chi connectivity index (χ3v) is 2.09. The molecule has 2 nitrogen and oxygen atoms in total. The van der Waals surface area contributed by atoms with Gasteiger partial charge in [0.05, 0.1) is 6.20 Å². The standard InChI is InChI=1S/C14H13NO/c1-2-6-13(7-3-1)8-5-11-16-14-9-4-10-15-12-14/h1-10,12H,11H2/b8-5+. The number of nitrogens with zero attached hydrogens (tertiary/aromatic N) is 1. The van der Waals surface area contributed by atoms with E-state index in [0.717, 1.165) is 5.75 Å². The van der Waals surface area contributed by atoms with Crippen LogP contribution in [0.5, 0.6) is 5.75 Å². The van der Waals surface area contributed by atoms with E-state index in [1.165, 1.54) is 5.56 Å². The molecule has 0 N–H and O–H groups in total. The molecule has 1 heterocycles. The van der Waals surface area contributed by atoms with Crippen molar-refractivity contribution in [1.29, 1.82) is 0 Å². The average Bonchev–Trinajstić information content (AvgIpc) is 2.37. The molecule has 1 aromatic carbocycles. The lowest BCUT2D eigenvalue weighted by molar-refractivity contribution is 0.362. The molecule has 0 aliphatic rings. The topological polar surface area (TPSA) is 22.1 Å². The maximum Gasteiger partial charge on any atom is 0.138 e. The summed E-state index contributed by atoms with van der Waals surface area (Å²) in [5.41, 5.74) is 1.18. The quantitative estimate of drug-likeness (QED) is 0.775. The molecule has 0 spiro atoms. The number of benzene rings is 1. The molecule has 0 amide bonds. The van der Waals surface area contributed by atoms with Gasteiger partial charge in [-0.15, -0.1) is 0 Å². The van der Waals surface area contributed by atoms with Crippen molar-refractivity contribution in [2.75, 3.05) is 6.61 Å². The van der Waals surface area contributed by atoms with Crippen molar-refractivity contribution < 1.29 is 4.74 Å². The van der Waals surface area contributed by atoms with Gasteiger partial charge < -0.3 is 4.74 Å². The zero-order chi connectivity index (χ0) is 11.1. The first-order valence-electron chi connectivity index (χ1n) is 5.19. The van der Waals surface area contributed by atoms with Crippen LogP contribution in [0.4, 0.5) is 0 Å². The summed E-state index contributed by atoms with van der Waals surface area (Å²) >= 11 is 0. The lowest BCUT2D eigenvalue weighted by Gasteiger charge is -2.00. The number of ether oxygens (including phenoxy) is 1. The predicted octanol–water partition coefficient (Wildman–Crippen LogP) is 3.17. The number of rotatable bonds is 4. The molecule has 80 valence electrons. The Labute approximate surface area is 95.2 Å². The van der Waals surface area contributed by atoms with Gasteiger partial charge in [-0.2, -0.15) is 0 Å². The molecule has 0 radical (unpaired) electrons. The SMILES string of the molecule is C(=C\c1ccccc1)/COc1cccnc1. The van der Waals surface area contributed by atoms with Crippen LogP contribution in [0.15, 0.2) is 60.9 Å². The van der Waals surface area contributed by atoms with Crippen molar-refractivity contribution >= 4 is 6.08 Å². The van der Waals surface area contributed by atoms with Gasteiger partial charge in [0.1, 0.15) is 12.4 Å². The Morgan fingerprint density at radius 2 is 1.94 bits per heavy atom. The number of aromatic nitrogens is 1. The highest BCUT2D eigenvalue weighted by Gasteiger charge is 1.88. The molecule has 0 saturated carbocycles. The third-order valence-electron chi connectivity index (χ3n) is 2.09. The van der Waals surface area contributed by atoms with E-state index in [9.17, 15) is 0 Å². The van der Waals surface area contributed by atoms with Crippen LogP contribution in [-0.2, 0) is 0 Å². The molecule has 0 fully saturated rings. The highest BCUT2D eigenvalue weighted by Crippen LogP contribution is 2.06. The molecule has 2 heteroatoms. The summed E-state index contributed by atoms with van der Waals surface area (Å²) < 4.78 is 5.48. The molecule has 16 heavy (non-hydrogen) atoms. The van der Waals surface area contributed by atoms with Crippen molar-refractivity contribution in [1.82, 2.24) is 4.98 Å². The van der Waals surface area contributed by atoms with Crippen LogP contribution in [0.25, 0.3) is 6.08 Å². The summed E-state index contributed by atoms with van der Waals surface area (Å²) in [6.07, 6.45) is 7.46. The number of hydrogen-bond donors (Lipinski definition) is 0. The molecule has 0 aliphatic heterocycles. The second kappa shape index (κ2) is 5.71. The van der Waals surface area contributed by atoms with Gasteiger partial charge in [-0.25, -0.2) is 0 Å². The van der Waals surface area contributed by atoms with E-state index in [-0.39, 0.29) is 0 Å². The first kappa shape index (κ1) is 10.4. The van der Waals surface area contributed by atoms with Crippen LogP contribution in [0, 0.1) is 0 Å². The summed E-state index contributed by atoms with van der Waals surface area (Å²) in [5.74, 6) is 0.792. The fourth-order valence-electron chi connectivity index (χ4n) is 1.33. The molecule has 0 saturated heterocycles. The summed E-state index contributed by atoms with van der Waals surface area (Å²) in [6.45, 7) is 0.556. The van der Waals surface area contributed by atoms with Gasteiger partial charge >= 0.3 is 0 Å². The molecule has 0 atom stereocenters. The van der Waals surface area contributed by atoms with Crippen LogP contribution in [0.3, 0.4) is 0 Å². The van der Waals surface area contributed by atoms with Gasteiger partial charge in [0.25, 0.3) is 0 Å². The van der Waals surface area contributed by atoms with Crippen molar-refractivity contribution in [2.24, 2.45) is 0 Å². The monoisotopic (exact) mass is 211 g/mol. The minimum atomic E-state index is 0.556. The maximum atomic E-state index is 5.48. The van der Waals surface area contributed by atoms with Crippen LogP contribution in [-0.4, -0.2) is 11.6 Å². The largest absolute Gasteiger partial charge is 0.488 e. The van der Waals surface area contributed by atoms with Crippen LogP contribution in [0.2, 0.25) is 0 Å². The Balaban J connectivity index is 1.83. The fourth-order valence-corrected chi connectivity index (χ4v) is 1.33. The third kappa shape index (κ3) is 3.24. The molecule has 2 aromatic rings. The second-order valence-electron chi connectivity index (χ2n) is 3.31. The average molecular weight is 211 g/mol. The second-order valence-corrected chi connectivity index (χ2v) is 3.31. The van der Waals surface area contributed by atoms with E-state index in [0.29, 0.717) is 6.61 Å². The fraction of sp³-hybridized carbons (Fsp3) is 0.0714. The normalized spacial score (nSPS) is 10.5. The summed E-state index contributed by atoms with van der Waals surface area (Å²) in [4.78, 5) is 3.97. The summed E-state index contributed by atoms with van der Waals surface area (Å²) in [6, 6.07) is 13.9. The lowest BCUT2D eigenvalue weighted by Crippen LogP contribution is -1.92. The maximum absolute atomic E-state index is 5.48. The van der Waals surface area contributed by atoms with E-state index in [4.69, 9.17) is 4.74 Å². The van der Waals surface area contributed by atoms with Gasteiger partial charge in [-0.05, 0) is 23.8 Å². The molecule has 0 aliphatic carbocycles. The molecule has 1 aromatic heterocycles. The van der Waals surface area contributed by atoms with Gasteiger partial charge in [0, 0.05) is 6.20 Å². The van der Waals surface area contributed by atoms with E-state index in [1.807, 2.05) is 42.5 Å². The highest BCUT2D eigenvalue weighted by atomic mass is 16.5. The Morgan fingerprint density at radius 3 is 2.69 bits per heavy atom. The van der Waals surface area contributed by atoms with E-state index in [1.54, 1.807) is 12.4 Å². The Kier molecular flexibility index (Phi) is 3.72.